The van der Waals surface area contributed by atoms with E-state index >= 15 is 4.79 Å². The molecule has 8 aromatic rings. The molecule has 2 aromatic heterocycles. The summed E-state index contributed by atoms with van der Waals surface area (Å²) >= 11 is 0. The zero-order valence-electron chi connectivity index (χ0n) is 27.4. The SMILES string of the molecule is Cc1c(C)c(C)c(-c2cc3c(=O)c4ccccc4n4c5ccc6c(c5c(=O)c(c2)c34)Oc2ccccc2P6c2ccccc2)c(C)c1C. The van der Waals surface area contributed by atoms with Crippen LogP contribution in [0.3, 0.4) is 0 Å². The first kappa shape index (κ1) is 28.9. The Morgan fingerprint density at radius 1 is 0.562 bits per heavy atom. The van der Waals surface area contributed by atoms with Crippen LogP contribution < -0.4 is 31.5 Å². The number of ether oxygens (including phenoxy) is 1. The van der Waals surface area contributed by atoms with Gasteiger partial charge in [0, 0.05) is 26.8 Å². The zero-order chi connectivity index (χ0) is 33.0. The third-order valence-corrected chi connectivity index (χ3v) is 13.2. The maximum absolute atomic E-state index is 15.1. The quantitative estimate of drug-likeness (QED) is 0.108. The number of aromatic nitrogens is 1. The highest BCUT2D eigenvalue weighted by Crippen LogP contribution is 2.47. The van der Waals surface area contributed by atoms with E-state index in [1.165, 1.54) is 22.0 Å². The molecular formula is C43H32NO3P. The van der Waals surface area contributed by atoms with Crippen LogP contribution in [0.1, 0.15) is 27.8 Å². The maximum Gasteiger partial charge on any atom is 0.201 e. The summed E-state index contributed by atoms with van der Waals surface area (Å²) in [5.41, 5.74) is 9.99. The number of hydrogen-bond acceptors (Lipinski definition) is 3. The van der Waals surface area contributed by atoms with Gasteiger partial charge in [0.25, 0.3) is 0 Å². The lowest BCUT2D eigenvalue weighted by atomic mass is 9.85. The second-order valence-corrected chi connectivity index (χ2v) is 15.1. The molecule has 0 saturated heterocycles. The first-order valence-electron chi connectivity index (χ1n) is 16.3. The predicted octanol–water partition coefficient (Wildman–Crippen LogP) is 8.63. The minimum Gasteiger partial charge on any atom is -0.455 e. The van der Waals surface area contributed by atoms with Gasteiger partial charge in [0.05, 0.1) is 21.9 Å². The van der Waals surface area contributed by atoms with Crippen LogP contribution in [0.5, 0.6) is 11.5 Å². The van der Waals surface area contributed by atoms with Crippen molar-refractivity contribution in [2.75, 3.05) is 0 Å². The van der Waals surface area contributed by atoms with Gasteiger partial charge in [0.2, 0.25) is 5.43 Å². The summed E-state index contributed by atoms with van der Waals surface area (Å²) in [7, 11) is -0.982. The van der Waals surface area contributed by atoms with Gasteiger partial charge in [-0.2, -0.15) is 0 Å². The summed E-state index contributed by atoms with van der Waals surface area (Å²) in [6.45, 7) is 10.8. The first-order valence-corrected chi connectivity index (χ1v) is 17.6. The molecule has 0 amide bonds. The summed E-state index contributed by atoms with van der Waals surface area (Å²) < 4.78 is 8.88. The smallest absolute Gasteiger partial charge is 0.201 e. The van der Waals surface area contributed by atoms with Crippen molar-refractivity contribution in [3.8, 4) is 22.6 Å². The van der Waals surface area contributed by atoms with Crippen molar-refractivity contribution in [1.29, 1.82) is 0 Å². The van der Waals surface area contributed by atoms with Crippen molar-refractivity contribution in [3.05, 3.63) is 151 Å². The van der Waals surface area contributed by atoms with E-state index in [9.17, 15) is 4.79 Å². The fourth-order valence-electron chi connectivity index (χ4n) is 7.88. The standard InChI is InChI=1S/C43H32NO3P/c1-23-24(2)26(4)38(27(5)25(23)3)28-21-31-40-32(22-28)42(46)39-34(44(40)33-16-10-9-15-30(33)41(31)45)19-20-37-43(39)47-35-17-11-12-18-36(35)48(37)29-13-7-6-8-14-29/h6-22H,1-5H3. The lowest BCUT2D eigenvalue weighted by Gasteiger charge is -2.30. The number of benzene rings is 6. The van der Waals surface area contributed by atoms with Crippen molar-refractivity contribution in [2.45, 2.75) is 34.6 Å². The van der Waals surface area contributed by atoms with E-state index in [-0.39, 0.29) is 10.9 Å². The Morgan fingerprint density at radius 2 is 1.19 bits per heavy atom. The Bertz CT molecular complexity index is 2770. The summed E-state index contributed by atoms with van der Waals surface area (Å²) in [5.74, 6) is 1.38. The fraction of sp³-hybridized carbons (Fsp3) is 0.116. The van der Waals surface area contributed by atoms with E-state index < -0.39 is 7.92 Å². The van der Waals surface area contributed by atoms with E-state index in [4.69, 9.17) is 4.74 Å². The molecule has 1 aliphatic rings. The second kappa shape index (κ2) is 10.3. The highest BCUT2D eigenvalue weighted by atomic mass is 31.1. The Hall–Kier alpha value is -5.31. The van der Waals surface area contributed by atoms with Gasteiger partial charge in [-0.05, 0) is 129 Å². The molecule has 232 valence electrons. The highest BCUT2D eigenvalue weighted by molar-refractivity contribution is 7.80. The number of fused-ring (bicyclic) bond motifs is 7. The lowest BCUT2D eigenvalue weighted by Crippen LogP contribution is -2.28. The van der Waals surface area contributed by atoms with E-state index in [0.717, 1.165) is 49.6 Å². The molecule has 9 rings (SSSR count). The molecule has 48 heavy (non-hydrogen) atoms. The van der Waals surface area contributed by atoms with Crippen molar-refractivity contribution in [3.63, 3.8) is 0 Å². The van der Waals surface area contributed by atoms with Crippen LogP contribution in [0.25, 0.3) is 49.2 Å². The molecule has 5 heteroatoms. The molecule has 1 unspecified atom stereocenters. The Balaban J connectivity index is 1.49. The highest BCUT2D eigenvalue weighted by Gasteiger charge is 2.32. The predicted molar refractivity (Wildman–Crippen MR) is 202 cm³/mol. The van der Waals surface area contributed by atoms with E-state index in [1.54, 1.807) is 0 Å². The van der Waals surface area contributed by atoms with E-state index in [2.05, 4.69) is 87.6 Å². The molecule has 0 radical (unpaired) electrons. The average Bonchev–Trinajstić information content (AvgIpc) is 3.12. The van der Waals surface area contributed by atoms with Gasteiger partial charge in [0.1, 0.15) is 11.5 Å². The number of para-hydroxylation sites is 2. The molecule has 0 fully saturated rings. The summed E-state index contributed by atoms with van der Waals surface area (Å²) in [5, 5.41) is 5.56. The lowest BCUT2D eigenvalue weighted by molar-refractivity contribution is 0.494. The normalized spacial score (nSPS) is 14.1. The molecule has 0 aliphatic carbocycles. The molecule has 6 aromatic carbocycles. The van der Waals surface area contributed by atoms with Crippen molar-refractivity contribution >= 4 is 61.9 Å². The van der Waals surface area contributed by atoms with Gasteiger partial charge < -0.3 is 9.14 Å². The van der Waals surface area contributed by atoms with Crippen LogP contribution in [0.4, 0.5) is 0 Å². The van der Waals surface area contributed by atoms with E-state index in [1.807, 2.05) is 54.6 Å². The fourth-order valence-corrected chi connectivity index (χ4v) is 10.3. The third-order valence-electron chi connectivity index (χ3n) is 10.7. The Kier molecular flexibility index (Phi) is 6.22. The van der Waals surface area contributed by atoms with Crippen molar-refractivity contribution in [2.24, 2.45) is 0 Å². The minimum atomic E-state index is -0.982. The Labute approximate surface area is 279 Å². The molecule has 1 atom stereocenters. The topological polar surface area (TPSA) is 47.8 Å². The molecule has 4 nitrogen and oxygen atoms in total. The number of rotatable bonds is 2. The molecular weight excluding hydrogens is 609 g/mol. The second-order valence-electron chi connectivity index (χ2n) is 13.0. The molecule has 0 bridgehead atoms. The number of hydrogen-bond donors (Lipinski definition) is 0. The summed E-state index contributed by atoms with van der Waals surface area (Å²) in [6, 6.07) is 34.6. The summed E-state index contributed by atoms with van der Waals surface area (Å²) in [4.78, 5) is 29.4. The maximum atomic E-state index is 15.1. The van der Waals surface area contributed by atoms with Crippen LogP contribution in [-0.2, 0) is 0 Å². The van der Waals surface area contributed by atoms with Crippen LogP contribution in [-0.4, -0.2) is 4.40 Å². The van der Waals surface area contributed by atoms with Crippen LogP contribution >= 0.6 is 7.92 Å². The third kappa shape index (κ3) is 3.81. The van der Waals surface area contributed by atoms with Gasteiger partial charge in [-0.3, -0.25) is 9.59 Å². The van der Waals surface area contributed by atoms with Gasteiger partial charge in [-0.1, -0.05) is 60.7 Å². The molecule has 0 saturated carbocycles. The van der Waals surface area contributed by atoms with Gasteiger partial charge >= 0.3 is 0 Å². The first-order chi connectivity index (χ1) is 23.3. The molecule has 1 aliphatic heterocycles. The minimum absolute atomic E-state index is 0.0669. The van der Waals surface area contributed by atoms with Crippen LogP contribution in [0, 0.1) is 34.6 Å². The average molecular weight is 642 g/mol. The van der Waals surface area contributed by atoms with Crippen LogP contribution in [0.2, 0.25) is 0 Å². The molecule has 0 spiro atoms. The molecule has 3 heterocycles. The van der Waals surface area contributed by atoms with Gasteiger partial charge in [-0.25, -0.2) is 0 Å². The van der Waals surface area contributed by atoms with E-state index in [0.29, 0.717) is 32.8 Å². The number of nitrogens with zero attached hydrogens (tertiary/aromatic N) is 1. The van der Waals surface area contributed by atoms with Crippen molar-refractivity contribution < 1.29 is 4.74 Å². The molecule has 0 N–H and O–H groups in total. The largest absolute Gasteiger partial charge is 0.455 e. The Morgan fingerprint density at radius 3 is 1.94 bits per heavy atom. The summed E-state index contributed by atoms with van der Waals surface area (Å²) in [6.07, 6.45) is 0. The van der Waals surface area contributed by atoms with Gasteiger partial charge in [0.15, 0.2) is 5.43 Å². The monoisotopic (exact) mass is 641 g/mol. The van der Waals surface area contributed by atoms with Crippen molar-refractivity contribution in [1.82, 2.24) is 4.40 Å². The number of pyridine rings is 2. The zero-order valence-corrected chi connectivity index (χ0v) is 28.3. The van der Waals surface area contributed by atoms with Crippen LogP contribution in [0.15, 0.2) is 113 Å². The van der Waals surface area contributed by atoms with Gasteiger partial charge in [-0.15, -0.1) is 0 Å².